The molecule has 0 saturated heterocycles. The molecule has 0 saturated carbocycles. The summed E-state index contributed by atoms with van der Waals surface area (Å²) in [6, 6.07) is 13.7. The fourth-order valence-corrected chi connectivity index (χ4v) is 3.61. The Balaban J connectivity index is 1.91. The lowest BCUT2D eigenvalue weighted by molar-refractivity contribution is -0.395. The van der Waals surface area contributed by atoms with Gasteiger partial charge in [-0.2, -0.15) is 0 Å². The molecule has 10 heteroatoms. The van der Waals surface area contributed by atoms with Gasteiger partial charge in [0.15, 0.2) is 5.76 Å². The highest BCUT2D eigenvalue weighted by atomic mass is 16.6. The number of rotatable bonds is 5. The highest BCUT2D eigenvalue weighted by molar-refractivity contribution is 5.94. The van der Waals surface area contributed by atoms with Gasteiger partial charge in [-0.15, -0.1) is 0 Å². The predicted molar refractivity (Wildman–Crippen MR) is 127 cm³/mol. The average molecular weight is 474 g/mol. The summed E-state index contributed by atoms with van der Waals surface area (Å²) in [6.45, 7) is 4.87. The van der Waals surface area contributed by atoms with Gasteiger partial charge in [-0.05, 0) is 32.9 Å². The van der Waals surface area contributed by atoms with Gasteiger partial charge in [-0.25, -0.2) is 4.79 Å². The van der Waals surface area contributed by atoms with Crippen molar-refractivity contribution in [3.8, 4) is 17.1 Å². The number of esters is 1. The van der Waals surface area contributed by atoms with Gasteiger partial charge < -0.3 is 9.15 Å². The Bertz CT molecular complexity index is 1550. The predicted octanol–water partition coefficient (Wildman–Crippen LogP) is 5.42. The third-order valence-corrected chi connectivity index (χ3v) is 5.49. The standard InChI is InChI=1S/C25H18N2O8/c1-13-4-7-16(8-5-13)23-24(22(28)18-10-14(2)6-9-21(18)34-23)35-25(29)17-11-19(26(30)31)15(3)20(12-17)27(32)33/h4-12H,1-3H3. The van der Waals surface area contributed by atoms with Crippen molar-refractivity contribution in [3.05, 3.63) is 107 Å². The number of nitro groups is 2. The SMILES string of the molecule is Cc1ccc(-c2oc3ccc(C)cc3c(=O)c2OC(=O)c2cc([N+](=O)[O-])c(C)c([N+](=O)[O-])c2)cc1. The van der Waals surface area contributed by atoms with E-state index in [1.807, 2.05) is 6.92 Å². The molecular weight excluding hydrogens is 456 g/mol. The number of nitro benzene ring substituents is 2. The van der Waals surface area contributed by atoms with E-state index in [4.69, 9.17) is 9.15 Å². The van der Waals surface area contributed by atoms with Gasteiger partial charge in [0, 0.05) is 17.7 Å². The molecule has 35 heavy (non-hydrogen) atoms. The molecule has 0 amide bonds. The van der Waals surface area contributed by atoms with Crippen LogP contribution >= 0.6 is 0 Å². The molecule has 0 spiro atoms. The second-order valence-electron chi connectivity index (χ2n) is 8.00. The first-order valence-electron chi connectivity index (χ1n) is 10.4. The van der Waals surface area contributed by atoms with Crippen molar-refractivity contribution >= 4 is 28.3 Å². The van der Waals surface area contributed by atoms with Gasteiger partial charge in [-0.3, -0.25) is 25.0 Å². The summed E-state index contributed by atoms with van der Waals surface area (Å²) in [5.74, 6) is -1.62. The monoisotopic (exact) mass is 474 g/mol. The van der Waals surface area contributed by atoms with Gasteiger partial charge in [0.05, 0.1) is 20.8 Å². The molecule has 0 N–H and O–H groups in total. The van der Waals surface area contributed by atoms with Gasteiger partial charge in [-0.1, -0.05) is 41.5 Å². The maximum Gasteiger partial charge on any atom is 0.344 e. The van der Waals surface area contributed by atoms with Gasteiger partial charge in [0.1, 0.15) is 11.1 Å². The fourth-order valence-electron chi connectivity index (χ4n) is 3.61. The number of benzene rings is 3. The van der Waals surface area contributed by atoms with Crippen LogP contribution in [0.25, 0.3) is 22.3 Å². The van der Waals surface area contributed by atoms with E-state index in [1.165, 1.54) is 6.92 Å². The molecule has 0 fully saturated rings. The number of carbonyl (C=O) groups excluding carboxylic acids is 1. The van der Waals surface area contributed by atoms with Crippen LogP contribution in [0.15, 0.2) is 63.8 Å². The van der Waals surface area contributed by atoms with E-state index in [0.29, 0.717) is 5.56 Å². The maximum absolute atomic E-state index is 13.4. The molecule has 4 rings (SSSR count). The topological polar surface area (TPSA) is 143 Å². The first-order valence-corrected chi connectivity index (χ1v) is 10.4. The van der Waals surface area contributed by atoms with Crippen LogP contribution in [0.5, 0.6) is 5.75 Å². The Morgan fingerprint density at radius 2 is 1.43 bits per heavy atom. The van der Waals surface area contributed by atoms with E-state index >= 15 is 0 Å². The van der Waals surface area contributed by atoms with E-state index in [1.54, 1.807) is 49.4 Å². The number of hydrogen-bond acceptors (Lipinski definition) is 8. The van der Waals surface area contributed by atoms with E-state index in [-0.39, 0.29) is 22.3 Å². The third kappa shape index (κ3) is 4.36. The first kappa shape index (κ1) is 23.3. The van der Waals surface area contributed by atoms with Gasteiger partial charge in [0.2, 0.25) is 11.2 Å². The molecule has 0 radical (unpaired) electrons. The smallest absolute Gasteiger partial charge is 0.344 e. The zero-order chi connectivity index (χ0) is 25.4. The Labute approximate surface area is 197 Å². The van der Waals surface area contributed by atoms with Crippen LogP contribution < -0.4 is 10.2 Å². The molecule has 0 aliphatic heterocycles. The molecule has 0 atom stereocenters. The van der Waals surface area contributed by atoms with Gasteiger partial charge in [0.25, 0.3) is 11.4 Å². The van der Waals surface area contributed by atoms with Crippen LogP contribution in [0.4, 0.5) is 11.4 Å². The largest absolute Gasteiger partial charge is 0.452 e. The Morgan fingerprint density at radius 3 is 2.00 bits per heavy atom. The second-order valence-corrected chi connectivity index (χ2v) is 8.00. The van der Waals surface area contributed by atoms with E-state index in [0.717, 1.165) is 23.3 Å². The zero-order valence-electron chi connectivity index (χ0n) is 18.9. The number of ether oxygens (including phenoxy) is 1. The number of nitrogens with zero attached hydrogens (tertiary/aromatic N) is 2. The van der Waals surface area contributed by atoms with Crippen LogP contribution in [-0.4, -0.2) is 15.8 Å². The highest BCUT2D eigenvalue weighted by Crippen LogP contribution is 2.33. The summed E-state index contributed by atoms with van der Waals surface area (Å²) in [6.07, 6.45) is 0. The number of fused-ring (bicyclic) bond motifs is 1. The minimum atomic E-state index is -1.18. The van der Waals surface area contributed by atoms with Crippen LogP contribution in [-0.2, 0) is 0 Å². The molecular formula is C25H18N2O8. The van der Waals surface area contributed by atoms with Crippen molar-refractivity contribution in [1.82, 2.24) is 0 Å². The summed E-state index contributed by atoms with van der Waals surface area (Å²) in [7, 11) is 0. The summed E-state index contributed by atoms with van der Waals surface area (Å²) >= 11 is 0. The summed E-state index contributed by atoms with van der Waals surface area (Å²) in [5.41, 5.74) is -0.0750. The summed E-state index contributed by atoms with van der Waals surface area (Å²) in [5, 5.41) is 23.0. The van der Waals surface area contributed by atoms with Crippen molar-refractivity contribution in [2.24, 2.45) is 0 Å². The Morgan fingerprint density at radius 1 is 0.857 bits per heavy atom. The molecule has 0 aliphatic carbocycles. The molecule has 1 aromatic heterocycles. The van der Waals surface area contributed by atoms with Crippen LogP contribution in [0.2, 0.25) is 0 Å². The maximum atomic E-state index is 13.4. The highest BCUT2D eigenvalue weighted by Gasteiger charge is 2.28. The first-order chi connectivity index (χ1) is 16.6. The zero-order valence-corrected chi connectivity index (χ0v) is 18.9. The average Bonchev–Trinajstić information content (AvgIpc) is 2.81. The van der Waals surface area contributed by atoms with Crippen molar-refractivity contribution in [2.45, 2.75) is 20.8 Å². The minimum absolute atomic E-state index is 0.0178. The third-order valence-electron chi connectivity index (χ3n) is 5.49. The Hall–Kier alpha value is -4.86. The number of aryl methyl sites for hydroxylation is 2. The Kier molecular flexibility index (Phi) is 5.87. The van der Waals surface area contributed by atoms with Crippen LogP contribution in [0, 0.1) is 41.0 Å². The molecule has 3 aromatic carbocycles. The quantitative estimate of drug-likeness (QED) is 0.212. The number of carbonyl (C=O) groups is 1. The van der Waals surface area contributed by atoms with E-state index < -0.39 is 43.9 Å². The lowest BCUT2D eigenvalue weighted by Crippen LogP contribution is -2.17. The number of hydrogen-bond donors (Lipinski definition) is 0. The lowest BCUT2D eigenvalue weighted by atomic mass is 10.1. The van der Waals surface area contributed by atoms with E-state index in [2.05, 4.69) is 0 Å². The minimum Gasteiger partial charge on any atom is -0.452 e. The fraction of sp³-hybridized carbons (Fsp3) is 0.120. The molecule has 4 aromatic rings. The summed E-state index contributed by atoms with van der Waals surface area (Å²) in [4.78, 5) is 47.5. The summed E-state index contributed by atoms with van der Waals surface area (Å²) < 4.78 is 11.4. The van der Waals surface area contributed by atoms with Gasteiger partial charge >= 0.3 is 5.97 Å². The molecule has 176 valence electrons. The molecule has 1 heterocycles. The molecule has 0 aliphatic rings. The van der Waals surface area contributed by atoms with Crippen LogP contribution in [0.3, 0.4) is 0 Å². The van der Waals surface area contributed by atoms with E-state index in [9.17, 15) is 29.8 Å². The van der Waals surface area contributed by atoms with Crippen molar-refractivity contribution in [1.29, 1.82) is 0 Å². The van der Waals surface area contributed by atoms with Crippen molar-refractivity contribution in [2.75, 3.05) is 0 Å². The van der Waals surface area contributed by atoms with Crippen molar-refractivity contribution < 1.29 is 23.8 Å². The van der Waals surface area contributed by atoms with Crippen LogP contribution in [0.1, 0.15) is 27.0 Å². The molecule has 0 unspecified atom stereocenters. The lowest BCUT2D eigenvalue weighted by Gasteiger charge is -2.11. The molecule has 0 bridgehead atoms. The second kappa shape index (κ2) is 8.82. The normalized spacial score (nSPS) is 10.8. The van der Waals surface area contributed by atoms with Crippen molar-refractivity contribution in [3.63, 3.8) is 0 Å². The molecule has 10 nitrogen and oxygen atoms in total.